The number of carbonyl (C=O) groups is 1. The molecule has 1 saturated carbocycles. The van der Waals surface area contributed by atoms with Crippen molar-refractivity contribution >= 4 is 18.3 Å². The molecule has 20 heavy (non-hydrogen) atoms. The number of aryl methyl sites for hydroxylation is 1. The minimum Gasteiger partial charge on any atom is -0.338 e. The van der Waals surface area contributed by atoms with Gasteiger partial charge in [0.05, 0.1) is 0 Å². The Balaban J connectivity index is 0.00000147. The van der Waals surface area contributed by atoms with E-state index in [9.17, 15) is 4.79 Å². The molecule has 0 spiro atoms. The number of nitrogens with zero attached hydrogens (tertiary/aromatic N) is 1. The number of carbonyl (C=O) groups excluding carboxylic acids is 1. The molecule has 1 aliphatic heterocycles. The van der Waals surface area contributed by atoms with E-state index in [0.29, 0.717) is 11.8 Å². The summed E-state index contributed by atoms with van der Waals surface area (Å²) in [6.07, 6.45) is 3.57. The summed E-state index contributed by atoms with van der Waals surface area (Å²) >= 11 is 0. The van der Waals surface area contributed by atoms with Crippen LogP contribution in [0.3, 0.4) is 0 Å². The van der Waals surface area contributed by atoms with Gasteiger partial charge in [0.15, 0.2) is 0 Å². The summed E-state index contributed by atoms with van der Waals surface area (Å²) in [5.74, 6) is 1.32. The first-order valence-corrected chi connectivity index (χ1v) is 7.27. The molecule has 0 aromatic heterocycles. The zero-order chi connectivity index (χ0) is 13.4. The van der Waals surface area contributed by atoms with Crippen LogP contribution in [-0.2, 0) is 0 Å². The standard InChI is InChI=1S/C16H22N2O.ClH/c1-11-5-2-3-7-13(11)16(19)18-9-12-6-4-8-15(17)14(12)10-18;/h2-3,5,7,12,14-15H,4,6,8-10,17H2,1H3;1H. The molecule has 4 heteroatoms. The lowest BCUT2D eigenvalue weighted by atomic mass is 9.78. The lowest BCUT2D eigenvalue weighted by Crippen LogP contribution is -2.38. The van der Waals surface area contributed by atoms with Crippen molar-refractivity contribution in [3.63, 3.8) is 0 Å². The van der Waals surface area contributed by atoms with Crippen molar-refractivity contribution in [3.8, 4) is 0 Å². The summed E-state index contributed by atoms with van der Waals surface area (Å²) in [5.41, 5.74) is 8.12. The van der Waals surface area contributed by atoms with Crippen molar-refractivity contribution in [3.05, 3.63) is 35.4 Å². The number of fused-ring (bicyclic) bond motifs is 1. The topological polar surface area (TPSA) is 46.3 Å². The van der Waals surface area contributed by atoms with Crippen LogP contribution in [0.4, 0.5) is 0 Å². The van der Waals surface area contributed by atoms with E-state index < -0.39 is 0 Å². The number of halogens is 1. The molecule has 3 unspecified atom stereocenters. The summed E-state index contributed by atoms with van der Waals surface area (Å²) in [6, 6.07) is 8.14. The summed E-state index contributed by atoms with van der Waals surface area (Å²) in [4.78, 5) is 14.6. The van der Waals surface area contributed by atoms with E-state index in [-0.39, 0.29) is 24.4 Å². The molecule has 3 atom stereocenters. The van der Waals surface area contributed by atoms with Crippen LogP contribution in [0.15, 0.2) is 24.3 Å². The molecule has 110 valence electrons. The molecule has 1 amide bonds. The maximum atomic E-state index is 12.6. The number of amides is 1. The fourth-order valence-electron chi connectivity index (χ4n) is 3.67. The quantitative estimate of drug-likeness (QED) is 0.865. The van der Waals surface area contributed by atoms with E-state index >= 15 is 0 Å². The van der Waals surface area contributed by atoms with Gasteiger partial charge in [-0.05, 0) is 43.2 Å². The Bertz CT molecular complexity index is 491. The monoisotopic (exact) mass is 294 g/mol. The van der Waals surface area contributed by atoms with Crippen LogP contribution in [0.25, 0.3) is 0 Å². The first-order valence-electron chi connectivity index (χ1n) is 7.27. The van der Waals surface area contributed by atoms with Crippen LogP contribution in [0.1, 0.15) is 35.2 Å². The second-order valence-electron chi connectivity index (χ2n) is 6.04. The molecule has 3 nitrogen and oxygen atoms in total. The fraction of sp³-hybridized carbons (Fsp3) is 0.562. The third-order valence-electron chi connectivity index (χ3n) is 4.82. The average Bonchev–Trinajstić information content (AvgIpc) is 2.84. The minimum absolute atomic E-state index is 0. The Kier molecular flexibility index (Phi) is 4.71. The molecule has 1 aromatic carbocycles. The number of hydrogen-bond donors (Lipinski definition) is 1. The molecule has 3 rings (SSSR count). The normalized spacial score (nSPS) is 28.7. The Morgan fingerprint density at radius 2 is 2.00 bits per heavy atom. The van der Waals surface area contributed by atoms with Gasteiger partial charge in [-0.1, -0.05) is 24.6 Å². The zero-order valence-corrected chi connectivity index (χ0v) is 12.7. The van der Waals surface area contributed by atoms with Crippen molar-refractivity contribution < 1.29 is 4.79 Å². The van der Waals surface area contributed by atoms with Gasteiger partial charge in [-0.25, -0.2) is 0 Å². The Hall–Kier alpha value is -1.06. The van der Waals surface area contributed by atoms with Gasteiger partial charge in [0, 0.05) is 24.7 Å². The van der Waals surface area contributed by atoms with Crippen LogP contribution in [0.5, 0.6) is 0 Å². The molecule has 1 aromatic rings. The van der Waals surface area contributed by atoms with Crippen molar-refractivity contribution in [2.45, 2.75) is 32.2 Å². The average molecular weight is 295 g/mol. The number of benzene rings is 1. The van der Waals surface area contributed by atoms with Gasteiger partial charge in [0.25, 0.3) is 5.91 Å². The zero-order valence-electron chi connectivity index (χ0n) is 11.9. The predicted octanol–water partition coefficient (Wildman–Crippen LogP) is 2.62. The largest absolute Gasteiger partial charge is 0.338 e. The van der Waals surface area contributed by atoms with Gasteiger partial charge in [0.2, 0.25) is 0 Å². The van der Waals surface area contributed by atoms with Crippen LogP contribution in [0.2, 0.25) is 0 Å². The van der Waals surface area contributed by atoms with E-state index in [4.69, 9.17) is 5.73 Å². The molecule has 1 aliphatic carbocycles. The molecule has 1 saturated heterocycles. The van der Waals surface area contributed by atoms with Gasteiger partial charge in [-0.15, -0.1) is 12.4 Å². The van der Waals surface area contributed by atoms with Crippen LogP contribution in [-0.4, -0.2) is 29.9 Å². The summed E-state index contributed by atoms with van der Waals surface area (Å²) in [6.45, 7) is 3.74. The first-order chi connectivity index (χ1) is 9.16. The van der Waals surface area contributed by atoms with Crippen LogP contribution >= 0.6 is 12.4 Å². The number of hydrogen-bond acceptors (Lipinski definition) is 2. The van der Waals surface area contributed by atoms with E-state index in [1.54, 1.807) is 0 Å². The van der Waals surface area contributed by atoms with Crippen molar-refractivity contribution in [1.29, 1.82) is 0 Å². The number of rotatable bonds is 1. The van der Waals surface area contributed by atoms with E-state index in [0.717, 1.165) is 30.6 Å². The Morgan fingerprint density at radius 1 is 1.25 bits per heavy atom. The second kappa shape index (κ2) is 6.15. The van der Waals surface area contributed by atoms with Crippen LogP contribution < -0.4 is 5.73 Å². The molecule has 1 heterocycles. The maximum Gasteiger partial charge on any atom is 0.254 e. The molecule has 2 N–H and O–H groups in total. The molecule has 2 fully saturated rings. The lowest BCUT2D eigenvalue weighted by Gasteiger charge is -2.29. The summed E-state index contributed by atoms with van der Waals surface area (Å²) < 4.78 is 0. The third kappa shape index (κ3) is 2.70. The van der Waals surface area contributed by atoms with Crippen molar-refractivity contribution in [2.24, 2.45) is 17.6 Å². The van der Waals surface area contributed by atoms with E-state index in [2.05, 4.69) is 0 Å². The molecule has 0 radical (unpaired) electrons. The minimum atomic E-state index is 0. The smallest absolute Gasteiger partial charge is 0.254 e. The highest BCUT2D eigenvalue weighted by Gasteiger charge is 2.40. The Morgan fingerprint density at radius 3 is 2.70 bits per heavy atom. The highest BCUT2D eigenvalue weighted by molar-refractivity contribution is 5.95. The van der Waals surface area contributed by atoms with Crippen LogP contribution in [0, 0.1) is 18.8 Å². The molecular weight excluding hydrogens is 272 g/mol. The molecule has 0 bridgehead atoms. The third-order valence-corrected chi connectivity index (χ3v) is 4.82. The fourth-order valence-corrected chi connectivity index (χ4v) is 3.67. The summed E-state index contributed by atoms with van der Waals surface area (Å²) in [7, 11) is 0. The highest BCUT2D eigenvalue weighted by atomic mass is 35.5. The van der Waals surface area contributed by atoms with E-state index in [1.807, 2.05) is 36.1 Å². The van der Waals surface area contributed by atoms with Gasteiger partial charge >= 0.3 is 0 Å². The van der Waals surface area contributed by atoms with Gasteiger partial charge < -0.3 is 10.6 Å². The second-order valence-corrected chi connectivity index (χ2v) is 6.04. The first kappa shape index (κ1) is 15.3. The van der Waals surface area contributed by atoms with Crippen molar-refractivity contribution in [1.82, 2.24) is 4.90 Å². The molecular formula is C16H23ClN2O. The maximum absolute atomic E-state index is 12.6. The van der Waals surface area contributed by atoms with Gasteiger partial charge in [0.1, 0.15) is 0 Å². The highest BCUT2D eigenvalue weighted by Crippen LogP contribution is 2.36. The summed E-state index contributed by atoms with van der Waals surface area (Å²) in [5, 5.41) is 0. The SMILES string of the molecule is Cc1ccccc1C(=O)N1CC2CCCC(N)C2C1.Cl. The van der Waals surface area contributed by atoms with Crippen molar-refractivity contribution in [2.75, 3.05) is 13.1 Å². The Labute approximate surface area is 126 Å². The number of likely N-dealkylation sites (tertiary alicyclic amines) is 1. The molecule has 2 aliphatic rings. The van der Waals surface area contributed by atoms with E-state index in [1.165, 1.54) is 12.8 Å². The number of nitrogens with two attached hydrogens (primary N) is 1. The van der Waals surface area contributed by atoms with Gasteiger partial charge in [-0.3, -0.25) is 4.79 Å². The van der Waals surface area contributed by atoms with Gasteiger partial charge in [-0.2, -0.15) is 0 Å². The lowest BCUT2D eigenvalue weighted by molar-refractivity contribution is 0.0783. The predicted molar refractivity (Wildman–Crippen MR) is 83.1 cm³/mol.